The lowest BCUT2D eigenvalue weighted by atomic mass is 9.97. The highest BCUT2D eigenvalue weighted by molar-refractivity contribution is 5.94. The number of carbonyl (C=O) groups is 2. The average molecular weight is 482 g/mol. The van der Waals surface area contributed by atoms with Crippen molar-refractivity contribution >= 4 is 11.8 Å². The molecule has 3 aliphatic heterocycles. The molecule has 186 valence electrons. The van der Waals surface area contributed by atoms with Gasteiger partial charge in [-0.3, -0.25) is 9.59 Å². The van der Waals surface area contributed by atoms with Gasteiger partial charge in [0.05, 0.1) is 20.1 Å². The summed E-state index contributed by atoms with van der Waals surface area (Å²) in [6.07, 6.45) is 1.65. The summed E-state index contributed by atoms with van der Waals surface area (Å²) in [5.41, 5.74) is 2.87. The van der Waals surface area contributed by atoms with Crippen LogP contribution in [-0.2, 0) is 17.8 Å². The van der Waals surface area contributed by atoms with Crippen molar-refractivity contribution < 1.29 is 28.5 Å². The van der Waals surface area contributed by atoms with Crippen LogP contribution in [0.2, 0.25) is 0 Å². The van der Waals surface area contributed by atoms with Gasteiger partial charge in [0.1, 0.15) is 0 Å². The zero-order chi connectivity index (χ0) is 24.4. The maximum Gasteiger partial charge on any atom is 0.251 e. The van der Waals surface area contributed by atoms with Crippen molar-refractivity contribution in [2.24, 2.45) is 5.92 Å². The lowest BCUT2D eigenvalue weighted by molar-refractivity contribution is -0.136. The van der Waals surface area contributed by atoms with Gasteiger partial charge < -0.3 is 34.1 Å². The largest absolute Gasteiger partial charge is 0.493 e. The molecule has 0 radical (unpaired) electrons. The first-order valence-electron chi connectivity index (χ1n) is 12.0. The molecule has 0 saturated carbocycles. The number of fused-ring (bicyclic) bond motifs is 2. The Balaban J connectivity index is 1.10. The van der Waals surface area contributed by atoms with Crippen LogP contribution in [0, 0.1) is 5.92 Å². The van der Waals surface area contributed by atoms with Crippen LogP contribution < -0.4 is 24.3 Å². The Kier molecular flexibility index (Phi) is 6.68. The molecule has 35 heavy (non-hydrogen) atoms. The topological polar surface area (TPSA) is 89.6 Å². The molecule has 0 aromatic heterocycles. The molecule has 2 aromatic rings. The molecule has 1 saturated heterocycles. The SMILES string of the molecule is COc1cc2c(cc1OC)CN(C(=O)[C@H]1CCN(CCNC(=O)c3ccc4c(c3)OCO4)C1)CC2. The summed E-state index contributed by atoms with van der Waals surface area (Å²) in [4.78, 5) is 29.9. The number of nitrogens with one attached hydrogen (secondary N) is 1. The molecule has 3 aliphatic rings. The number of methoxy groups -OCH3 is 2. The van der Waals surface area contributed by atoms with Crippen molar-refractivity contribution in [1.29, 1.82) is 0 Å². The molecule has 9 heteroatoms. The van der Waals surface area contributed by atoms with Gasteiger partial charge in [-0.15, -0.1) is 0 Å². The molecule has 3 heterocycles. The van der Waals surface area contributed by atoms with Crippen molar-refractivity contribution in [2.75, 3.05) is 53.7 Å². The Hall–Kier alpha value is -3.46. The first kappa shape index (κ1) is 23.3. The van der Waals surface area contributed by atoms with E-state index in [0.717, 1.165) is 30.7 Å². The highest BCUT2D eigenvalue weighted by atomic mass is 16.7. The summed E-state index contributed by atoms with van der Waals surface area (Å²) in [5, 5.41) is 2.96. The minimum absolute atomic E-state index is 0.0127. The number of benzene rings is 2. The molecule has 9 nitrogen and oxygen atoms in total. The Morgan fingerprint density at radius 2 is 1.80 bits per heavy atom. The van der Waals surface area contributed by atoms with E-state index in [2.05, 4.69) is 10.2 Å². The molecular formula is C26H31N3O6. The maximum absolute atomic E-state index is 13.2. The van der Waals surface area contributed by atoms with Crippen LogP contribution in [0.1, 0.15) is 27.9 Å². The Morgan fingerprint density at radius 3 is 2.60 bits per heavy atom. The van der Waals surface area contributed by atoms with Gasteiger partial charge in [0, 0.05) is 38.3 Å². The van der Waals surface area contributed by atoms with Crippen LogP contribution in [0.25, 0.3) is 0 Å². The molecule has 0 unspecified atom stereocenters. The first-order valence-corrected chi connectivity index (χ1v) is 12.0. The molecular weight excluding hydrogens is 450 g/mol. The summed E-state index contributed by atoms with van der Waals surface area (Å²) >= 11 is 0. The zero-order valence-corrected chi connectivity index (χ0v) is 20.2. The monoisotopic (exact) mass is 481 g/mol. The molecule has 5 rings (SSSR count). The van der Waals surface area contributed by atoms with Gasteiger partial charge in [0.2, 0.25) is 12.7 Å². The van der Waals surface area contributed by atoms with E-state index in [-0.39, 0.29) is 24.5 Å². The number of amides is 2. The van der Waals surface area contributed by atoms with Crippen LogP contribution >= 0.6 is 0 Å². The van der Waals surface area contributed by atoms with Crippen molar-refractivity contribution in [3.8, 4) is 23.0 Å². The lowest BCUT2D eigenvalue weighted by Gasteiger charge is -2.31. The van der Waals surface area contributed by atoms with Crippen LogP contribution in [0.5, 0.6) is 23.0 Å². The van der Waals surface area contributed by atoms with Gasteiger partial charge in [-0.05, 0) is 60.8 Å². The number of ether oxygens (including phenoxy) is 4. The smallest absolute Gasteiger partial charge is 0.251 e. The van der Waals surface area contributed by atoms with Crippen LogP contribution in [-0.4, -0.2) is 75.4 Å². The summed E-state index contributed by atoms with van der Waals surface area (Å²) in [6.45, 7) is 4.29. The predicted octanol–water partition coefficient (Wildman–Crippen LogP) is 2.07. The number of rotatable bonds is 7. The molecule has 0 spiro atoms. The minimum Gasteiger partial charge on any atom is -0.493 e. The van der Waals surface area contributed by atoms with E-state index in [1.54, 1.807) is 32.4 Å². The normalized spacial score (nSPS) is 18.8. The van der Waals surface area contributed by atoms with E-state index in [4.69, 9.17) is 18.9 Å². The van der Waals surface area contributed by atoms with Crippen molar-refractivity contribution in [1.82, 2.24) is 15.1 Å². The Bertz CT molecular complexity index is 1120. The third-order valence-corrected chi connectivity index (χ3v) is 7.00. The second-order valence-electron chi connectivity index (χ2n) is 9.10. The van der Waals surface area contributed by atoms with E-state index in [1.165, 1.54) is 5.56 Å². The van der Waals surface area contributed by atoms with E-state index in [0.29, 0.717) is 55.5 Å². The number of carbonyl (C=O) groups excluding carboxylic acids is 2. The number of nitrogens with zero attached hydrogens (tertiary/aromatic N) is 2. The summed E-state index contributed by atoms with van der Waals surface area (Å²) < 4.78 is 21.5. The summed E-state index contributed by atoms with van der Waals surface area (Å²) in [7, 11) is 3.26. The van der Waals surface area contributed by atoms with Gasteiger partial charge in [0.25, 0.3) is 5.91 Å². The third-order valence-electron chi connectivity index (χ3n) is 7.00. The maximum atomic E-state index is 13.2. The molecule has 2 aromatic carbocycles. The van der Waals surface area contributed by atoms with Crippen molar-refractivity contribution in [3.63, 3.8) is 0 Å². The van der Waals surface area contributed by atoms with Gasteiger partial charge in [-0.2, -0.15) is 0 Å². The highest BCUT2D eigenvalue weighted by Gasteiger charge is 2.33. The van der Waals surface area contributed by atoms with Gasteiger partial charge in [0.15, 0.2) is 23.0 Å². The average Bonchev–Trinajstić information content (AvgIpc) is 3.56. The summed E-state index contributed by atoms with van der Waals surface area (Å²) in [6, 6.07) is 9.18. The standard InChI is InChI=1S/C26H31N3O6/c1-32-22-11-17-6-9-29(15-20(17)13-23(22)33-2)26(31)19-5-8-28(14-19)10-7-27-25(30)18-3-4-21-24(12-18)35-16-34-21/h3-4,11-13,19H,5-10,14-16H2,1-2H3,(H,27,30)/t19-/m0/s1. The zero-order valence-electron chi connectivity index (χ0n) is 20.2. The molecule has 0 aliphatic carbocycles. The molecule has 1 atom stereocenters. The Morgan fingerprint density at radius 1 is 1.03 bits per heavy atom. The minimum atomic E-state index is -0.144. The molecule has 1 N–H and O–H groups in total. The second kappa shape index (κ2) is 10.0. The van der Waals surface area contributed by atoms with Gasteiger partial charge >= 0.3 is 0 Å². The van der Waals surface area contributed by atoms with E-state index in [1.807, 2.05) is 17.0 Å². The first-order chi connectivity index (χ1) is 17.1. The number of hydrogen-bond acceptors (Lipinski definition) is 7. The molecule has 2 amide bonds. The molecule has 1 fully saturated rings. The van der Waals surface area contributed by atoms with Crippen LogP contribution in [0.4, 0.5) is 0 Å². The van der Waals surface area contributed by atoms with E-state index in [9.17, 15) is 9.59 Å². The number of likely N-dealkylation sites (tertiary alicyclic amines) is 1. The fourth-order valence-corrected chi connectivity index (χ4v) is 5.03. The predicted molar refractivity (Wildman–Crippen MR) is 128 cm³/mol. The van der Waals surface area contributed by atoms with E-state index < -0.39 is 0 Å². The highest BCUT2D eigenvalue weighted by Crippen LogP contribution is 2.34. The van der Waals surface area contributed by atoms with Crippen LogP contribution in [0.3, 0.4) is 0 Å². The quantitative estimate of drug-likeness (QED) is 0.648. The van der Waals surface area contributed by atoms with Crippen molar-refractivity contribution in [2.45, 2.75) is 19.4 Å². The fourth-order valence-electron chi connectivity index (χ4n) is 5.03. The van der Waals surface area contributed by atoms with E-state index >= 15 is 0 Å². The van der Waals surface area contributed by atoms with Crippen molar-refractivity contribution in [3.05, 3.63) is 47.0 Å². The summed E-state index contributed by atoms with van der Waals surface area (Å²) in [5.74, 6) is 2.72. The molecule has 0 bridgehead atoms. The van der Waals surface area contributed by atoms with Gasteiger partial charge in [-0.25, -0.2) is 0 Å². The second-order valence-corrected chi connectivity index (χ2v) is 9.10. The third kappa shape index (κ3) is 4.86. The fraction of sp³-hybridized carbons (Fsp3) is 0.462. The lowest BCUT2D eigenvalue weighted by Crippen LogP contribution is -2.41. The van der Waals surface area contributed by atoms with Gasteiger partial charge in [-0.1, -0.05) is 0 Å². The number of hydrogen-bond donors (Lipinski definition) is 1. The Labute approximate surface area is 204 Å². The van der Waals surface area contributed by atoms with Crippen LogP contribution in [0.15, 0.2) is 30.3 Å².